The molecule has 3 rings (SSSR count). The van der Waals surface area contributed by atoms with Crippen LogP contribution in [0.5, 0.6) is 5.75 Å². The largest absolute Gasteiger partial charge is 0.461 e. The highest BCUT2D eigenvalue weighted by atomic mass is 16.5. The molecule has 0 unspecified atom stereocenters. The first-order valence-electron chi connectivity index (χ1n) is 7.09. The fourth-order valence-electron chi connectivity index (χ4n) is 1.97. The van der Waals surface area contributed by atoms with Crippen molar-refractivity contribution in [2.24, 2.45) is 5.73 Å². The molecule has 0 radical (unpaired) electrons. The number of esters is 1. The maximum absolute atomic E-state index is 11.9. The van der Waals surface area contributed by atoms with E-state index in [1.807, 2.05) is 0 Å². The summed E-state index contributed by atoms with van der Waals surface area (Å²) in [6.07, 6.45) is 1.77. The molecule has 0 aliphatic heterocycles. The number of hydrogen-bond acceptors (Lipinski definition) is 7. The van der Waals surface area contributed by atoms with Gasteiger partial charge in [0.1, 0.15) is 5.75 Å². The highest BCUT2D eigenvalue weighted by Gasteiger charge is 2.13. The molecule has 1 aromatic carbocycles. The van der Waals surface area contributed by atoms with E-state index >= 15 is 0 Å². The van der Waals surface area contributed by atoms with Gasteiger partial charge in [-0.2, -0.15) is 4.98 Å². The smallest absolute Gasteiger partial charge is 0.311 e. The van der Waals surface area contributed by atoms with E-state index < -0.39 is 11.9 Å². The molecular formula is C16H13N3O5. The Balaban J connectivity index is 1.56. The van der Waals surface area contributed by atoms with Crippen LogP contribution >= 0.6 is 0 Å². The van der Waals surface area contributed by atoms with Gasteiger partial charge in [0, 0.05) is 12.0 Å². The van der Waals surface area contributed by atoms with Crippen molar-refractivity contribution in [2.45, 2.75) is 12.8 Å². The highest BCUT2D eigenvalue weighted by Crippen LogP contribution is 2.17. The normalized spacial score (nSPS) is 10.5. The summed E-state index contributed by atoms with van der Waals surface area (Å²) in [4.78, 5) is 27.1. The summed E-state index contributed by atoms with van der Waals surface area (Å²) in [5.74, 6) is 0.259. The molecule has 24 heavy (non-hydrogen) atoms. The average molecular weight is 327 g/mol. The molecule has 0 spiro atoms. The molecule has 1 amide bonds. The van der Waals surface area contributed by atoms with Crippen LogP contribution < -0.4 is 10.5 Å². The van der Waals surface area contributed by atoms with E-state index in [1.54, 1.807) is 24.3 Å². The zero-order valence-corrected chi connectivity index (χ0v) is 12.5. The minimum absolute atomic E-state index is 0.0422. The number of furan rings is 1. The molecule has 8 heteroatoms. The van der Waals surface area contributed by atoms with Crippen LogP contribution in [0, 0.1) is 0 Å². The Hall–Kier alpha value is -3.42. The van der Waals surface area contributed by atoms with E-state index in [0.717, 1.165) is 0 Å². The SMILES string of the molecule is NC(=O)c1cccc(OC(=O)CCc2nc(-c3ccco3)no2)c1. The highest BCUT2D eigenvalue weighted by molar-refractivity contribution is 5.93. The van der Waals surface area contributed by atoms with Crippen LogP contribution in [0.25, 0.3) is 11.6 Å². The molecule has 2 aromatic heterocycles. The summed E-state index contributed by atoms with van der Waals surface area (Å²) < 4.78 is 15.4. The first-order valence-corrected chi connectivity index (χ1v) is 7.09. The third-order valence-electron chi connectivity index (χ3n) is 3.10. The molecular weight excluding hydrogens is 314 g/mol. The lowest BCUT2D eigenvalue weighted by molar-refractivity contribution is -0.134. The van der Waals surface area contributed by atoms with E-state index in [-0.39, 0.29) is 24.2 Å². The van der Waals surface area contributed by atoms with Gasteiger partial charge >= 0.3 is 5.97 Å². The second-order valence-electron chi connectivity index (χ2n) is 4.86. The van der Waals surface area contributed by atoms with Gasteiger partial charge in [-0.1, -0.05) is 11.2 Å². The first kappa shape index (κ1) is 15.5. The van der Waals surface area contributed by atoms with Crippen molar-refractivity contribution in [3.63, 3.8) is 0 Å². The van der Waals surface area contributed by atoms with Crippen LogP contribution in [0.15, 0.2) is 51.6 Å². The summed E-state index contributed by atoms with van der Waals surface area (Å²) in [7, 11) is 0. The van der Waals surface area contributed by atoms with Gasteiger partial charge in [-0.3, -0.25) is 9.59 Å². The Morgan fingerprint density at radius 2 is 2.08 bits per heavy atom. The van der Waals surface area contributed by atoms with Crippen molar-refractivity contribution in [3.05, 3.63) is 54.1 Å². The Bertz CT molecular complexity index is 854. The summed E-state index contributed by atoms with van der Waals surface area (Å²) in [6.45, 7) is 0. The van der Waals surface area contributed by atoms with Gasteiger partial charge in [0.25, 0.3) is 0 Å². The molecule has 8 nitrogen and oxygen atoms in total. The van der Waals surface area contributed by atoms with E-state index in [0.29, 0.717) is 17.5 Å². The van der Waals surface area contributed by atoms with Crippen LogP contribution in [-0.2, 0) is 11.2 Å². The number of carbonyl (C=O) groups is 2. The number of rotatable bonds is 6. The van der Waals surface area contributed by atoms with Crippen LogP contribution in [0.4, 0.5) is 0 Å². The van der Waals surface area contributed by atoms with Crippen LogP contribution in [-0.4, -0.2) is 22.0 Å². The van der Waals surface area contributed by atoms with Crippen molar-refractivity contribution in [1.29, 1.82) is 0 Å². The monoisotopic (exact) mass is 327 g/mol. The Morgan fingerprint density at radius 3 is 2.83 bits per heavy atom. The average Bonchev–Trinajstić information content (AvgIpc) is 3.24. The quantitative estimate of drug-likeness (QED) is 0.542. The number of benzene rings is 1. The van der Waals surface area contributed by atoms with Gasteiger partial charge in [0.15, 0.2) is 5.76 Å². The Morgan fingerprint density at radius 1 is 1.21 bits per heavy atom. The number of aryl methyl sites for hydroxylation is 1. The zero-order chi connectivity index (χ0) is 16.9. The number of hydrogen-bond donors (Lipinski definition) is 1. The minimum atomic E-state index is -0.593. The third-order valence-corrected chi connectivity index (χ3v) is 3.10. The van der Waals surface area contributed by atoms with E-state index in [4.69, 9.17) is 19.4 Å². The fourth-order valence-corrected chi connectivity index (χ4v) is 1.97. The number of aromatic nitrogens is 2. The number of primary amides is 1. The van der Waals surface area contributed by atoms with E-state index in [9.17, 15) is 9.59 Å². The predicted molar refractivity (Wildman–Crippen MR) is 80.9 cm³/mol. The number of nitrogens with zero attached hydrogens (tertiary/aromatic N) is 2. The molecule has 0 aliphatic carbocycles. The summed E-state index contributed by atoms with van der Waals surface area (Å²) in [5, 5.41) is 3.77. The third kappa shape index (κ3) is 3.67. The minimum Gasteiger partial charge on any atom is -0.461 e. The van der Waals surface area contributed by atoms with Gasteiger partial charge in [0.2, 0.25) is 17.6 Å². The topological polar surface area (TPSA) is 121 Å². The lowest BCUT2D eigenvalue weighted by Crippen LogP contribution is -2.12. The van der Waals surface area contributed by atoms with E-state index in [1.165, 1.54) is 18.4 Å². The molecule has 0 bridgehead atoms. The van der Waals surface area contributed by atoms with Gasteiger partial charge in [-0.15, -0.1) is 0 Å². The molecule has 2 heterocycles. The standard InChI is InChI=1S/C16H13N3O5/c17-15(21)10-3-1-4-11(9-10)23-14(20)7-6-13-18-16(19-24-13)12-5-2-8-22-12/h1-5,8-9H,6-7H2,(H2,17,21). The number of ether oxygens (including phenoxy) is 1. The lowest BCUT2D eigenvalue weighted by atomic mass is 10.2. The molecule has 0 saturated heterocycles. The first-order chi connectivity index (χ1) is 11.6. The van der Waals surface area contributed by atoms with Gasteiger partial charge in [0.05, 0.1) is 12.7 Å². The molecule has 2 N–H and O–H groups in total. The number of nitrogens with two attached hydrogens (primary N) is 1. The van der Waals surface area contributed by atoms with Crippen molar-refractivity contribution in [3.8, 4) is 17.3 Å². The number of amides is 1. The summed E-state index contributed by atoms with van der Waals surface area (Å²) in [6, 6.07) is 9.50. The number of carbonyl (C=O) groups excluding carboxylic acids is 2. The van der Waals surface area contributed by atoms with Crippen molar-refractivity contribution in [2.75, 3.05) is 0 Å². The van der Waals surface area contributed by atoms with Crippen LogP contribution in [0.2, 0.25) is 0 Å². The van der Waals surface area contributed by atoms with Crippen molar-refractivity contribution < 1.29 is 23.3 Å². The Labute approximate surface area is 136 Å². The molecule has 0 aliphatic rings. The molecule has 0 atom stereocenters. The maximum Gasteiger partial charge on any atom is 0.311 e. The zero-order valence-electron chi connectivity index (χ0n) is 12.5. The molecule has 122 valence electrons. The Kier molecular flexibility index (Phi) is 4.37. The van der Waals surface area contributed by atoms with Crippen molar-refractivity contribution >= 4 is 11.9 Å². The molecule has 3 aromatic rings. The van der Waals surface area contributed by atoms with Gasteiger partial charge in [-0.05, 0) is 30.3 Å². The van der Waals surface area contributed by atoms with Gasteiger partial charge < -0.3 is 19.4 Å². The summed E-state index contributed by atoms with van der Waals surface area (Å²) in [5.41, 5.74) is 5.44. The second kappa shape index (κ2) is 6.78. The van der Waals surface area contributed by atoms with Crippen LogP contribution in [0.1, 0.15) is 22.7 Å². The second-order valence-corrected chi connectivity index (χ2v) is 4.86. The van der Waals surface area contributed by atoms with Crippen LogP contribution in [0.3, 0.4) is 0 Å². The lowest BCUT2D eigenvalue weighted by Gasteiger charge is -2.04. The molecule has 0 saturated carbocycles. The van der Waals surface area contributed by atoms with Crippen molar-refractivity contribution in [1.82, 2.24) is 10.1 Å². The van der Waals surface area contributed by atoms with Gasteiger partial charge in [-0.25, -0.2) is 0 Å². The predicted octanol–water partition coefficient (Wildman–Crippen LogP) is 1.97. The maximum atomic E-state index is 11.9. The molecule has 0 fully saturated rings. The summed E-state index contributed by atoms with van der Waals surface area (Å²) >= 11 is 0. The fraction of sp³-hybridized carbons (Fsp3) is 0.125. The van der Waals surface area contributed by atoms with E-state index in [2.05, 4.69) is 10.1 Å².